The molecule has 1 atom stereocenters. The van der Waals surface area contributed by atoms with E-state index in [-0.39, 0.29) is 6.10 Å². The van der Waals surface area contributed by atoms with Crippen LogP contribution in [0, 0.1) is 0 Å². The van der Waals surface area contributed by atoms with Crippen LogP contribution in [-0.4, -0.2) is 31.1 Å². The van der Waals surface area contributed by atoms with E-state index in [9.17, 15) is 0 Å². The molecule has 4 rings (SSSR count). The SMILES string of the molecule is Brc1ccc2c(c1)CCOC2CCN1CCC(c2ccccc2)CC1. The minimum atomic E-state index is 0.267. The monoisotopic (exact) mass is 399 g/mol. The van der Waals surface area contributed by atoms with Crippen LogP contribution >= 0.6 is 15.9 Å². The summed E-state index contributed by atoms with van der Waals surface area (Å²) in [5.74, 6) is 0.737. The van der Waals surface area contributed by atoms with Crippen molar-refractivity contribution in [2.45, 2.75) is 37.7 Å². The van der Waals surface area contributed by atoms with Gasteiger partial charge >= 0.3 is 0 Å². The second-order valence-electron chi connectivity index (χ2n) is 7.27. The summed E-state index contributed by atoms with van der Waals surface area (Å²) < 4.78 is 7.26. The second-order valence-corrected chi connectivity index (χ2v) is 8.18. The number of fused-ring (bicyclic) bond motifs is 1. The normalized spacial score (nSPS) is 21.9. The fraction of sp³-hybridized carbons (Fsp3) is 0.455. The molecule has 0 aromatic heterocycles. The van der Waals surface area contributed by atoms with Crippen molar-refractivity contribution in [1.29, 1.82) is 0 Å². The van der Waals surface area contributed by atoms with Gasteiger partial charge in [-0.25, -0.2) is 0 Å². The molecule has 0 spiro atoms. The van der Waals surface area contributed by atoms with Crippen molar-refractivity contribution in [1.82, 2.24) is 4.90 Å². The van der Waals surface area contributed by atoms with Crippen LogP contribution in [0.2, 0.25) is 0 Å². The van der Waals surface area contributed by atoms with Crippen LogP contribution in [0.1, 0.15) is 48.0 Å². The predicted molar refractivity (Wildman–Crippen MR) is 106 cm³/mol. The van der Waals surface area contributed by atoms with E-state index in [4.69, 9.17) is 4.74 Å². The number of benzene rings is 2. The second kappa shape index (κ2) is 8.03. The molecular weight excluding hydrogens is 374 g/mol. The van der Waals surface area contributed by atoms with Gasteiger partial charge in [0, 0.05) is 11.0 Å². The minimum absolute atomic E-state index is 0.267. The van der Waals surface area contributed by atoms with Gasteiger partial charge in [-0.1, -0.05) is 52.3 Å². The number of hydrogen-bond donors (Lipinski definition) is 0. The van der Waals surface area contributed by atoms with Gasteiger partial charge < -0.3 is 9.64 Å². The number of piperidine rings is 1. The molecule has 0 N–H and O–H groups in total. The smallest absolute Gasteiger partial charge is 0.0839 e. The number of likely N-dealkylation sites (tertiary alicyclic amines) is 1. The lowest BCUT2D eigenvalue weighted by Crippen LogP contribution is -2.34. The average molecular weight is 400 g/mol. The molecule has 2 heterocycles. The van der Waals surface area contributed by atoms with Gasteiger partial charge in [0.1, 0.15) is 0 Å². The zero-order valence-corrected chi connectivity index (χ0v) is 16.2. The molecule has 0 radical (unpaired) electrons. The van der Waals surface area contributed by atoms with Gasteiger partial charge in [-0.05, 0) is 73.5 Å². The van der Waals surface area contributed by atoms with Crippen molar-refractivity contribution in [3.8, 4) is 0 Å². The maximum absolute atomic E-state index is 6.08. The van der Waals surface area contributed by atoms with Crippen LogP contribution in [0.4, 0.5) is 0 Å². The maximum atomic E-state index is 6.08. The van der Waals surface area contributed by atoms with Crippen molar-refractivity contribution >= 4 is 15.9 Å². The van der Waals surface area contributed by atoms with Gasteiger partial charge in [0.15, 0.2) is 0 Å². The first kappa shape index (κ1) is 17.3. The molecule has 0 amide bonds. The molecule has 1 unspecified atom stereocenters. The predicted octanol–water partition coefficient (Wildman–Crippen LogP) is 5.33. The molecule has 2 aromatic rings. The highest BCUT2D eigenvalue weighted by Gasteiger charge is 2.24. The summed E-state index contributed by atoms with van der Waals surface area (Å²) in [6.07, 6.45) is 4.96. The Labute approximate surface area is 159 Å². The van der Waals surface area contributed by atoms with E-state index < -0.39 is 0 Å². The Morgan fingerprint density at radius 2 is 1.84 bits per heavy atom. The summed E-state index contributed by atoms with van der Waals surface area (Å²) in [4.78, 5) is 2.62. The number of hydrogen-bond acceptors (Lipinski definition) is 2. The lowest BCUT2D eigenvalue weighted by atomic mass is 9.89. The molecule has 1 saturated heterocycles. The van der Waals surface area contributed by atoms with E-state index in [0.717, 1.165) is 31.9 Å². The number of rotatable bonds is 4. The Morgan fingerprint density at radius 3 is 2.64 bits per heavy atom. The van der Waals surface area contributed by atoms with E-state index >= 15 is 0 Å². The largest absolute Gasteiger partial charge is 0.373 e. The molecule has 1 fully saturated rings. The van der Waals surface area contributed by atoms with Gasteiger partial charge in [0.05, 0.1) is 12.7 Å². The topological polar surface area (TPSA) is 12.5 Å². The van der Waals surface area contributed by atoms with Gasteiger partial charge in [0.25, 0.3) is 0 Å². The van der Waals surface area contributed by atoms with E-state index in [0.29, 0.717) is 0 Å². The molecule has 0 aliphatic carbocycles. The van der Waals surface area contributed by atoms with Crippen LogP contribution in [-0.2, 0) is 11.2 Å². The third-order valence-electron chi connectivity index (χ3n) is 5.71. The van der Waals surface area contributed by atoms with E-state index in [2.05, 4.69) is 69.4 Å². The lowest BCUT2D eigenvalue weighted by molar-refractivity contribution is 0.0275. The number of nitrogens with zero attached hydrogens (tertiary/aromatic N) is 1. The lowest BCUT2D eigenvalue weighted by Gasteiger charge is -2.34. The third-order valence-corrected chi connectivity index (χ3v) is 6.20. The van der Waals surface area contributed by atoms with Crippen molar-refractivity contribution in [2.75, 3.05) is 26.2 Å². The highest BCUT2D eigenvalue weighted by Crippen LogP contribution is 2.33. The van der Waals surface area contributed by atoms with E-state index in [1.54, 1.807) is 0 Å². The Kier molecular flexibility index (Phi) is 5.54. The van der Waals surface area contributed by atoms with Crippen molar-refractivity contribution in [3.05, 3.63) is 69.7 Å². The van der Waals surface area contributed by atoms with Gasteiger partial charge in [-0.2, -0.15) is 0 Å². The van der Waals surface area contributed by atoms with Crippen LogP contribution < -0.4 is 0 Å². The van der Waals surface area contributed by atoms with Gasteiger partial charge in [-0.3, -0.25) is 0 Å². The van der Waals surface area contributed by atoms with Gasteiger partial charge in [-0.15, -0.1) is 0 Å². The molecular formula is C22H26BrNO. The average Bonchev–Trinajstić information content (AvgIpc) is 2.67. The minimum Gasteiger partial charge on any atom is -0.373 e. The molecule has 2 aromatic carbocycles. The Hall–Kier alpha value is -1.16. The summed E-state index contributed by atoms with van der Waals surface area (Å²) in [7, 11) is 0. The first-order valence-electron chi connectivity index (χ1n) is 9.47. The Bertz CT molecular complexity index is 694. The van der Waals surface area contributed by atoms with Crippen LogP contribution in [0.25, 0.3) is 0 Å². The third kappa shape index (κ3) is 4.16. The highest BCUT2D eigenvalue weighted by molar-refractivity contribution is 9.10. The van der Waals surface area contributed by atoms with Crippen LogP contribution in [0.5, 0.6) is 0 Å². The quantitative estimate of drug-likeness (QED) is 0.688. The molecule has 0 saturated carbocycles. The van der Waals surface area contributed by atoms with Crippen LogP contribution in [0.15, 0.2) is 53.0 Å². The van der Waals surface area contributed by atoms with Crippen molar-refractivity contribution in [2.24, 2.45) is 0 Å². The number of ether oxygens (including phenoxy) is 1. The molecule has 25 heavy (non-hydrogen) atoms. The molecule has 2 aliphatic rings. The highest BCUT2D eigenvalue weighted by atomic mass is 79.9. The molecule has 2 aliphatic heterocycles. The zero-order chi connectivity index (χ0) is 17.1. The molecule has 3 heteroatoms. The summed E-state index contributed by atoms with van der Waals surface area (Å²) in [6, 6.07) is 17.7. The van der Waals surface area contributed by atoms with E-state index in [1.807, 2.05) is 0 Å². The summed E-state index contributed by atoms with van der Waals surface area (Å²) in [5, 5.41) is 0. The summed E-state index contributed by atoms with van der Waals surface area (Å²) >= 11 is 3.59. The van der Waals surface area contributed by atoms with Gasteiger partial charge in [0.2, 0.25) is 0 Å². The van der Waals surface area contributed by atoms with Crippen molar-refractivity contribution < 1.29 is 4.74 Å². The van der Waals surface area contributed by atoms with Crippen LogP contribution in [0.3, 0.4) is 0 Å². The molecule has 0 bridgehead atoms. The zero-order valence-electron chi connectivity index (χ0n) is 14.7. The van der Waals surface area contributed by atoms with Crippen molar-refractivity contribution in [3.63, 3.8) is 0 Å². The Morgan fingerprint density at radius 1 is 1.04 bits per heavy atom. The Balaban J connectivity index is 1.30. The molecule has 2 nitrogen and oxygen atoms in total. The summed E-state index contributed by atoms with van der Waals surface area (Å²) in [5.41, 5.74) is 4.36. The fourth-order valence-corrected chi connectivity index (χ4v) is 4.67. The fourth-order valence-electron chi connectivity index (χ4n) is 4.26. The number of halogens is 1. The summed E-state index contributed by atoms with van der Waals surface area (Å²) in [6.45, 7) is 4.41. The first-order chi connectivity index (χ1) is 12.3. The standard InChI is InChI=1S/C22H26BrNO/c23-20-6-7-21-19(16-20)11-15-25-22(21)10-14-24-12-8-18(9-13-24)17-4-2-1-3-5-17/h1-7,16,18,22H,8-15H2. The molecule has 132 valence electrons. The first-order valence-corrected chi connectivity index (χ1v) is 10.3. The maximum Gasteiger partial charge on any atom is 0.0839 e. The van der Waals surface area contributed by atoms with E-state index in [1.165, 1.54) is 47.1 Å².